The number of nitrogen functional groups attached to an aromatic ring is 1. The fourth-order valence-corrected chi connectivity index (χ4v) is 4.84. The van der Waals surface area contributed by atoms with Gasteiger partial charge in [0.15, 0.2) is 10.4 Å². The van der Waals surface area contributed by atoms with Crippen LogP contribution >= 0.6 is 15.9 Å². The third-order valence-corrected chi connectivity index (χ3v) is 6.90. The van der Waals surface area contributed by atoms with E-state index in [1.165, 1.54) is 16.4 Å². The maximum Gasteiger partial charge on any atom is 0.243 e. The van der Waals surface area contributed by atoms with Crippen LogP contribution in [-0.2, 0) is 10.0 Å². The zero-order valence-corrected chi connectivity index (χ0v) is 16.6. The lowest BCUT2D eigenvalue weighted by Gasteiger charge is -2.29. The average Bonchev–Trinajstić information content (AvgIpc) is 3.31. The van der Waals surface area contributed by atoms with Crippen LogP contribution in [0.5, 0.6) is 0 Å². The number of nitrogens with zero attached hydrogens (tertiary/aromatic N) is 3. The van der Waals surface area contributed by atoms with Gasteiger partial charge in [0.05, 0.1) is 4.90 Å². The van der Waals surface area contributed by atoms with Gasteiger partial charge in [-0.25, -0.2) is 8.42 Å². The Kier molecular flexibility index (Phi) is 4.79. The molecule has 3 heterocycles. The molecule has 0 aliphatic carbocycles. The summed E-state index contributed by atoms with van der Waals surface area (Å²) in [5, 5.41) is 3.95. The highest BCUT2D eigenvalue weighted by atomic mass is 79.9. The van der Waals surface area contributed by atoms with Crippen molar-refractivity contribution in [3.63, 3.8) is 0 Å². The molecule has 1 aromatic carbocycles. The molecule has 2 N–H and O–H groups in total. The van der Waals surface area contributed by atoms with Crippen molar-refractivity contribution < 1.29 is 17.4 Å². The van der Waals surface area contributed by atoms with Gasteiger partial charge in [-0.1, -0.05) is 5.16 Å². The van der Waals surface area contributed by atoms with E-state index in [-0.39, 0.29) is 10.8 Å². The molecule has 0 atom stereocenters. The second-order valence-corrected chi connectivity index (χ2v) is 9.03. The first-order chi connectivity index (χ1) is 12.9. The molecule has 142 valence electrons. The summed E-state index contributed by atoms with van der Waals surface area (Å²) < 4.78 is 38.4. The SMILES string of the molecule is Nc1ccc(S(=O)(=O)N2CCC(c3nc(-c4ccc(Br)o4)no3)CC2)cc1. The minimum atomic E-state index is -3.53. The summed E-state index contributed by atoms with van der Waals surface area (Å²) in [4.78, 5) is 4.65. The fourth-order valence-electron chi connectivity index (χ4n) is 3.07. The van der Waals surface area contributed by atoms with Crippen molar-refractivity contribution in [3.05, 3.63) is 47.0 Å². The average molecular weight is 453 g/mol. The number of aromatic nitrogens is 2. The van der Waals surface area contributed by atoms with Crippen LogP contribution in [0.3, 0.4) is 0 Å². The molecule has 10 heteroatoms. The number of furan rings is 1. The van der Waals surface area contributed by atoms with E-state index in [1.807, 2.05) is 0 Å². The highest BCUT2D eigenvalue weighted by Gasteiger charge is 2.32. The Labute approximate surface area is 164 Å². The Morgan fingerprint density at radius 2 is 1.81 bits per heavy atom. The standard InChI is InChI=1S/C17H17BrN4O4S/c18-15-6-5-14(25-15)16-20-17(26-21-16)11-7-9-22(10-8-11)27(23,24)13-3-1-12(19)2-4-13/h1-6,11H,7-10,19H2. The van der Waals surface area contributed by atoms with Crippen LogP contribution in [0, 0.1) is 0 Å². The lowest BCUT2D eigenvalue weighted by molar-refractivity contribution is 0.270. The molecule has 0 radical (unpaired) electrons. The second kappa shape index (κ2) is 7.10. The maximum absolute atomic E-state index is 12.8. The van der Waals surface area contributed by atoms with Crippen molar-refractivity contribution in [2.75, 3.05) is 18.8 Å². The number of halogens is 1. The third-order valence-electron chi connectivity index (χ3n) is 4.56. The molecule has 0 unspecified atom stereocenters. The summed E-state index contributed by atoms with van der Waals surface area (Å²) in [6, 6.07) is 9.75. The summed E-state index contributed by atoms with van der Waals surface area (Å²) in [6.45, 7) is 0.781. The van der Waals surface area contributed by atoms with E-state index in [9.17, 15) is 8.42 Å². The number of benzene rings is 1. The Morgan fingerprint density at radius 3 is 2.44 bits per heavy atom. The highest BCUT2D eigenvalue weighted by Crippen LogP contribution is 2.31. The molecule has 0 spiro atoms. The first kappa shape index (κ1) is 18.2. The minimum absolute atomic E-state index is 0.0162. The molecule has 0 bridgehead atoms. The van der Waals surface area contributed by atoms with Gasteiger partial charge in [-0.2, -0.15) is 9.29 Å². The lowest BCUT2D eigenvalue weighted by atomic mass is 9.98. The zero-order valence-electron chi connectivity index (χ0n) is 14.2. The Bertz CT molecular complexity index is 1040. The van der Waals surface area contributed by atoms with Crippen LogP contribution in [0.4, 0.5) is 5.69 Å². The zero-order chi connectivity index (χ0) is 19.0. The van der Waals surface area contributed by atoms with E-state index in [1.54, 1.807) is 24.3 Å². The normalized spacial score (nSPS) is 16.6. The first-order valence-corrected chi connectivity index (χ1v) is 10.6. The van der Waals surface area contributed by atoms with Crippen molar-refractivity contribution in [2.24, 2.45) is 0 Å². The molecule has 2 aromatic heterocycles. The molecule has 1 aliphatic rings. The Balaban J connectivity index is 1.44. The number of anilines is 1. The van der Waals surface area contributed by atoms with Gasteiger partial charge in [-0.05, 0) is 65.2 Å². The first-order valence-electron chi connectivity index (χ1n) is 8.38. The van der Waals surface area contributed by atoms with E-state index < -0.39 is 10.0 Å². The van der Waals surface area contributed by atoms with Crippen LogP contribution < -0.4 is 5.73 Å². The van der Waals surface area contributed by atoms with Gasteiger partial charge in [0, 0.05) is 24.7 Å². The van der Waals surface area contributed by atoms with E-state index in [0.717, 1.165) is 0 Å². The number of rotatable bonds is 4. The quantitative estimate of drug-likeness (QED) is 0.603. The number of hydrogen-bond donors (Lipinski definition) is 1. The van der Waals surface area contributed by atoms with Crippen LogP contribution in [-0.4, -0.2) is 36.0 Å². The predicted octanol–water partition coefficient (Wildman–Crippen LogP) is 3.24. The summed E-state index contributed by atoms with van der Waals surface area (Å²) in [7, 11) is -3.53. The molecular weight excluding hydrogens is 436 g/mol. The molecule has 3 aromatic rings. The van der Waals surface area contributed by atoms with Crippen molar-refractivity contribution in [1.29, 1.82) is 0 Å². The molecule has 1 aliphatic heterocycles. The van der Waals surface area contributed by atoms with Crippen LogP contribution in [0.25, 0.3) is 11.6 Å². The highest BCUT2D eigenvalue weighted by molar-refractivity contribution is 9.10. The van der Waals surface area contributed by atoms with E-state index in [0.29, 0.717) is 53.8 Å². The fraction of sp³-hybridized carbons (Fsp3) is 0.294. The van der Waals surface area contributed by atoms with Gasteiger partial charge in [0.2, 0.25) is 21.7 Å². The number of nitrogens with two attached hydrogens (primary N) is 1. The second-order valence-electron chi connectivity index (χ2n) is 6.31. The number of hydrogen-bond acceptors (Lipinski definition) is 7. The smallest absolute Gasteiger partial charge is 0.243 e. The van der Waals surface area contributed by atoms with Gasteiger partial charge in [0.25, 0.3) is 0 Å². The van der Waals surface area contributed by atoms with Gasteiger partial charge in [0.1, 0.15) is 0 Å². The molecule has 1 saturated heterocycles. The molecule has 27 heavy (non-hydrogen) atoms. The molecule has 0 saturated carbocycles. The Hall–Kier alpha value is -2.17. The molecule has 1 fully saturated rings. The van der Waals surface area contributed by atoms with Crippen LogP contribution in [0.2, 0.25) is 0 Å². The van der Waals surface area contributed by atoms with Crippen molar-refractivity contribution in [2.45, 2.75) is 23.7 Å². The summed E-state index contributed by atoms with van der Waals surface area (Å²) in [5.74, 6) is 1.41. The van der Waals surface area contributed by atoms with Gasteiger partial charge in [-0.3, -0.25) is 0 Å². The van der Waals surface area contributed by atoms with Gasteiger partial charge < -0.3 is 14.7 Å². The van der Waals surface area contributed by atoms with E-state index >= 15 is 0 Å². The van der Waals surface area contributed by atoms with Crippen molar-refractivity contribution in [3.8, 4) is 11.6 Å². The number of sulfonamides is 1. The summed E-state index contributed by atoms with van der Waals surface area (Å²) in [5.41, 5.74) is 6.17. The maximum atomic E-state index is 12.8. The van der Waals surface area contributed by atoms with Gasteiger partial charge >= 0.3 is 0 Å². The van der Waals surface area contributed by atoms with Gasteiger partial charge in [-0.15, -0.1) is 0 Å². The topological polar surface area (TPSA) is 115 Å². The minimum Gasteiger partial charge on any atom is -0.446 e. The van der Waals surface area contributed by atoms with Crippen molar-refractivity contribution >= 4 is 31.6 Å². The predicted molar refractivity (Wildman–Crippen MR) is 101 cm³/mol. The third kappa shape index (κ3) is 3.64. The van der Waals surface area contributed by atoms with Crippen LogP contribution in [0.15, 0.2) is 54.9 Å². The number of piperidine rings is 1. The molecule has 4 rings (SSSR count). The lowest BCUT2D eigenvalue weighted by Crippen LogP contribution is -2.37. The monoisotopic (exact) mass is 452 g/mol. The van der Waals surface area contributed by atoms with Crippen molar-refractivity contribution in [1.82, 2.24) is 14.4 Å². The van der Waals surface area contributed by atoms with E-state index in [2.05, 4.69) is 26.1 Å². The summed E-state index contributed by atoms with van der Waals surface area (Å²) in [6.07, 6.45) is 1.22. The summed E-state index contributed by atoms with van der Waals surface area (Å²) >= 11 is 3.24. The molecule has 0 amide bonds. The molecule has 8 nitrogen and oxygen atoms in total. The largest absolute Gasteiger partial charge is 0.446 e. The molecular formula is C17H17BrN4O4S. The van der Waals surface area contributed by atoms with E-state index in [4.69, 9.17) is 14.7 Å². The van der Waals surface area contributed by atoms with Crippen LogP contribution in [0.1, 0.15) is 24.7 Å². The Morgan fingerprint density at radius 1 is 1.11 bits per heavy atom.